The number of aromatic nitrogens is 6. The molecule has 3 heterocycles. The summed E-state index contributed by atoms with van der Waals surface area (Å²) in [6.45, 7) is 10.0. The van der Waals surface area contributed by atoms with Crippen molar-refractivity contribution in [1.29, 1.82) is 0 Å². The first kappa shape index (κ1) is 45.7. The van der Waals surface area contributed by atoms with Crippen LogP contribution in [-0.2, 0) is 4.74 Å². The summed E-state index contributed by atoms with van der Waals surface area (Å²) in [7, 11) is 0. The Morgan fingerprint density at radius 3 is 1.66 bits per heavy atom. The van der Waals surface area contributed by atoms with Crippen molar-refractivity contribution in [2.75, 3.05) is 0 Å². The molecule has 354 valence electrons. The fourth-order valence-electron chi connectivity index (χ4n) is 16.1. The highest BCUT2D eigenvalue weighted by molar-refractivity contribution is 5.81. The molecule has 9 heteroatoms. The highest BCUT2D eigenvalue weighted by Gasteiger charge is 2.59. The highest BCUT2D eigenvalue weighted by atomic mass is 16.6. The molecule has 13 rings (SSSR count). The van der Waals surface area contributed by atoms with Crippen LogP contribution in [-0.4, -0.2) is 52.1 Å². The summed E-state index contributed by atoms with van der Waals surface area (Å²) >= 11 is 0. The Kier molecular flexibility index (Phi) is 11.5. The number of aliphatic hydroxyl groups is 1. The van der Waals surface area contributed by atoms with Crippen molar-refractivity contribution in [1.82, 2.24) is 28.7 Å². The van der Waals surface area contributed by atoms with E-state index in [2.05, 4.69) is 120 Å². The maximum Gasteiger partial charge on any atom is 0.419 e. The van der Waals surface area contributed by atoms with Gasteiger partial charge in [0, 0.05) is 41.0 Å². The highest BCUT2D eigenvalue weighted by Crippen LogP contribution is 2.67. The van der Waals surface area contributed by atoms with Crippen LogP contribution in [0.15, 0.2) is 115 Å². The monoisotopic (exact) mass is 903 g/mol. The molecule has 6 unspecified atom stereocenters. The van der Waals surface area contributed by atoms with Gasteiger partial charge in [-0.25, -0.2) is 24.3 Å². The Balaban J connectivity index is 0.000000155. The van der Waals surface area contributed by atoms with Crippen LogP contribution in [0.3, 0.4) is 0 Å². The van der Waals surface area contributed by atoms with Gasteiger partial charge in [-0.15, -0.1) is 0 Å². The number of benzene rings is 2. The van der Waals surface area contributed by atoms with Gasteiger partial charge in [0.05, 0.1) is 28.2 Å². The van der Waals surface area contributed by atoms with E-state index in [1.807, 2.05) is 12.7 Å². The van der Waals surface area contributed by atoms with Crippen LogP contribution in [0, 0.1) is 57.2 Å². The normalized spacial score (nSPS) is 36.9. The molecular weight excluding hydrogens is 829 g/mol. The zero-order valence-corrected chi connectivity index (χ0v) is 38.8. The molecule has 5 aromatic rings. The Morgan fingerprint density at radius 2 is 1.12 bits per heavy atom. The van der Waals surface area contributed by atoms with Gasteiger partial charge in [-0.3, -0.25) is 0 Å². The van der Waals surface area contributed by atoms with E-state index < -0.39 is 0 Å². The van der Waals surface area contributed by atoms with Crippen molar-refractivity contribution in [3.63, 3.8) is 0 Å². The number of allylic oxidation sites excluding steroid dienone is 6. The summed E-state index contributed by atoms with van der Waals surface area (Å²) < 4.78 is 12.0. The molecular formula is C58H74N6O3. The van der Waals surface area contributed by atoms with E-state index in [1.165, 1.54) is 77.4 Å². The second kappa shape index (κ2) is 16.9. The number of para-hydroxylation sites is 4. The van der Waals surface area contributed by atoms with Gasteiger partial charge in [0.25, 0.3) is 0 Å². The third kappa shape index (κ3) is 7.01. The topological polar surface area (TPSA) is 100.0 Å². The van der Waals surface area contributed by atoms with Crippen molar-refractivity contribution >= 4 is 39.6 Å². The minimum atomic E-state index is -0.319. The molecule has 1 N–H and O–H groups in total. The molecule has 0 amide bonds. The molecule has 4 saturated carbocycles. The first-order chi connectivity index (χ1) is 31.5. The number of hydrogen-bond acceptors (Lipinski definition) is 6. The standard InChI is InChI=1S/C30H34N4O2.C26H32N2O.2CH4/c1-29-13-11-21(36-28(35)33-16-15-31-18-33)17-20(29)7-8-22-23-9-10-27(30(23,2)14-12-24(22)29)34-19-32-25-5-3-4-6-26(25)34;1-25-13-11-18(29)15-17(25)7-8-19-20-9-10-24(26(20,2)14-12-21(19)25)28-16-27-22-5-3-4-6-23(22)28;;/h3-7,10,15-16,18-19,21-24H,8-9,11-14,17H2,1-2H3;3-7,10,16,18-21,29H,8-9,11-15H2,1-2H3;2*1H4/t21-,22?,23?,24?,29-,30-;18-,19?,20?,21?,25-,26-;;/m00../s1. The Bertz CT molecular complexity index is 2790. The fraction of sp³-hybridized carbons (Fsp3) is 0.552. The van der Waals surface area contributed by atoms with Crippen LogP contribution in [0.1, 0.15) is 132 Å². The van der Waals surface area contributed by atoms with Crippen LogP contribution in [0.2, 0.25) is 0 Å². The lowest BCUT2D eigenvalue weighted by Crippen LogP contribution is -2.50. The quantitative estimate of drug-likeness (QED) is 0.181. The van der Waals surface area contributed by atoms with Crippen LogP contribution >= 0.6 is 0 Å². The van der Waals surface area contributed by atoms with Gasteiger partial charge in [0.1, 0.15) is 25.1 Å². The van der Waals surface area contributed by atoms with E-state index in [4.69, 9.17) is 9.72 Å². The minimum Gasteiger partial charge on any atom is -0.445 e. The molecule has 0 saturated heterocycles. The smallest absolute Gasteiger partial charge is 0.419 e. The Morgan fingerprint density at radius 1 is 0.612 bits per heavy atom. The number of imidazole rings is 3. The average Bonchev–Trinajstić information content (AvgIpc) is 4.17. The molecule has 0 radical (unpaired) electrons. The molecule has 0 spiro atoms. The van der Waals surface area contributed by atoms with Crippen molar-refractivity contribution in [3.05, 3.63) is 115 Å². The molecule has 3 aromatic heterocycles. The molecule has 2 aromatic carbocycles. The number of aliphatic hydroxyl groups excluding tert-OH is 1. The number of hydrogen-bond donors (Lipinski definition) is 1. The van der Waals surface area contributed by atoms with Gasteiger partial charge < -0.3 is 19.0 Å². The van der Waals surface area contributed by atoms with Gasteiger partial charge in [0.2, 0.25) is 0 Å². The third-order valence-corrected chi connectivity index (χ3v) is 19.6. The SMILES string of the molecule is C.C.C[C@]12CC[C@H](O)CC1=CCC1C2CC[C@]2(C)C(n3cnc4ccccc43)=CCC12.C[C@]12CC[C@H](OC(=O)n3ccnc3)CC1=CCC1C2CC[C@]2(C)C(n3cnc4ccccc43)=CCC12. The lowest BCUT2D eigenvalue weighted by atomic mass is 9.47. The number of carbonyl (C=O) groups is 1. The summed E-state index contributed by atoms with van der Waals surface area (Å²) in [4.78, 5) is 25.8. The van der Waals surface area contributed by atoms with E-state index >= 15 is 0 Å². The van der Waals surface area contributed by atoms with E-state index in [9.17, 15) is 9.90 Å². The Hall–Kier alpha value is -5.02. The number of ether oxygens (including phenoxy) is 1. The van der Waals surface area contributed by atoms with E-state index in [0.29, 0.717) is 23.2 Å². The first-order valence-electron chi connectivity index (χ1n) is 25.0. The van der Waals surface area contributed by atoms with E-state index in [1.54, 1.807) is 18.0 Å². The number of carbonyl (C=O) groups excluding carboxylic acids is 1. The lowest BCUT2D eigenvalue weighted by Gasteiger charge is -2.57. The molecule has 8 aliphatic rings. The van der Waals surface area contributed by atoms with Crippen molar-refractivity contribution in [2.45, 2.75) is 145 Å². The van der Waals surface area contributed by atoms with Crippen LogP contribution in [0.5, 0.6) is 0 Å². The summed E-state index contributed by atoms with van der Waals surface area (Å²) in [5, 5.41) is 10.2. The molecule has 0 aliphatic heterocycles. The van der Waals surface area contributed by atoms with Crippen LogP contribution in [0.4, 0.5) is 4.79 Å². The largest absolute Gasteiger partial charge is 0.445 e. The zero-order chi connectivity index (χ0) is 44.3. The zero-order valence-electron chi connectivity index (χ0n) is 38.8. The van der Waals surface area contributed by atoms with Gasteiger partial charge in [-0.05, 0) is 154 Å². The minimum absolute atomic E-state index is 0. The molecule has 9 nitrogen and oxygen atoms in total. The number of fused-ring (bicyclic) bond motifs is 12. The molecule has 67 heavy (non-hydrogen) atoms. The van der Waals surface area contributed by atoms with Gasteiger partial charge >= 0.3 is 6.09 Å². The van der Waals surface area contributed by atoms with Gasteiger partial charge in [-0.1, -0.05) is 102 Å². The third-order valence-electron chi connectivity index (χ3n) is 19.6. The predicted molar refractivity (Wildman–Crippen MR) is 270 cm³/mol. The second-order valence-electron chi connectivity index (χ2n) is 22.4. The molecule has 12 atom stereocenters. The first-order valence-corrected chi connectivity index (χ1v) is 25.0. The molecule has 8 aliphatic carbocycles. The van der Waals surface area contributed by atoms with Gasteiger partial charge in [-0.2, -0.15) is 0 Å². The van der Waals surface area contributed by atoms with Crippen molar-refractivity contribution in [2.24, 2.45) is 57.2 Å². The van der Waals surface area contributed by atoms with E-state index in [0.717, 1.165) is 80.2 Å². The van der Waals surface area contributed by atoms with Gasteiger partial charge in [0.15, 0.2) is 0 Å². The summed E-state index contributed by atoms with van der Waals surface area (Å²) in [5.74, 6) is 4.33. The maximum atomic E-state index is 12.5. The molecule has 0 bridgehead atoms. The fourth-order valence-corrected chi connectivity index (χ4v) is 16.1. The summed E-state index contributed by atoms with van der Waals surface area (Å²) in [6, 6.07) is 17.0. The lowest BCUT2D eigenvalue weighted by molar-refractivity contribution is -0.0271. The number of rotatable bonds is 3. The summed E-state index contributed by atoms with van der Waals surface area (Å²) in [5.41, 5.74) is 11.6. The van der Waals surface area contributed by atoms with Crippen molar-refractivity contribution in [3.8, 4) is 0 Å². The number of nitrogens with zero attached hydrogens (tertiary/aromatic N) is 6. The van der Waals surface area contributed by atoms with E-state index in [-0.39, 0.29) is 49.4 Å². The average molecular weight is 903 g/mol. The summed E-state index contributed by atoms with van der Waals surface area (Å²) in [6.07, 6.45) is 34.1. The second-order valence-corrected chi connectivity index (χ2v) is 22.4. The van der Waals surface area contributed by atoms with Crippen LogP contribution < -0.4 is 0 Å². The van der Waals surface area contributed by atoms with Crippen molar-refractivity contribution < 1.29 is 14.6 Å². The predicted octanol–water partition coefficient (Wildman–Crippen LogP) is 13.8. The Labute approximate surface area is 398 Å². The maximum absolute atomic E-state index is 12.5. The van der Waals surface area contributed by atoms with Crippen LogP contribution in [0.25, 0.3) is 33.5 Å². The molecule has 4 fully saturated rings.